The minimum absolute atomic E-state index is 0.106. The van der Waals surface area contributed by atoms with E-state index < -0.39 is 0 Å². The number of benzene rings is 2. The lowest BCUT2D eigenvalue weighted by atomic mass is 10.2. The summed E-state index contributed by atoms with van der Waals surface area (Å²) in [5.41, 5.74) is 2.69. The number of H-pyrrole nitrogens is 1. The summed E-state index contributed by atoms with van der Waals surface area (Å²) >= 11 is 1.55. The molecule has 2 aromatic carbocycles. The summed E-state index contributed by atoms with van der Waals surface area (Å²) in [4.78, 5) is 21.3. The van der Waals surface area contributed by atoms with Crippen LogP contribution in [0.1, 0.15) is 6.92 Å². The fraction of sp³-hybridized carbons (Fsp3) is 0.158. The highest BCUT2D eigenvalue weighted by Gasteiger charge is 2.18. The van der Waals surface area contributed by atoms with Crippen LogP contribution in [0.4, 0.5) is 0 Å². The van der Waals surface area contributed by atoms with Crippen LogP contribution >= 0.6 is 11.8 Å². The number of hydrogen-bond donors (Lipinski definition) is 1. The molecule has 0 radical (unpaired) electrons. The maximum atomic E-state index is 13.2. The number of nitrogens with zero attached hydrogens (tertiary/aromatic N) is 2. The van der Waals surface area contributed by atoms with Crippen molar-refractivity contribution in [3.8, 4) is 11.4 Å². The van der Waals surface area contributed by atoms with E-state index in [0.29, 0.717) is 21.9 Å². The number of aromatic nitrogens is 3. The smallest absolute Gasteiger partial charge is 0.283 e. The first-order valence-electron chi connectivity index (χ1n) is 8.04. The first kappa shape index (κ1) is 15.8. The number of thioether (sulfide) groups is 1. The van der Waals surface area contributed by atoms with Crippen molar-refractivity contribution < 1.29 is 4.74 Å². The molecule has 0 aliphatic carbocycles. The Hall–Kier alpha value is -2.73. The molecule has 2 heterocycles. The van der Waals surface area contributed by atoms with Crippen LogP contribution < -0.4 is 10.3 Å². The van der Waals surface area contributed by atoms with E-state index in [-0.39, 0.29) is 5.56 Å². The average Bonchev–Trinajstić information content (AvgIpc) is 3.02. The second-order valence-electron chi connectivity index (χ2n) is 5.53. The highest BCUT2D eigenvalue weighted by Crippen LogP contribution is 2.32. The summed E-state index contributed by atoms with van der Waals surface area (Å²) in [6.07, 6.45) is 0. The number of aromatic amines is 1. The number of methoxy groups -OCH3 is 1. The Kier molecular flexibility index (Phi) is 3.97. The number of ether oxygens (including phenoxy) is 1. The molecule has 0 fully saturated rings. The minimum Gasteiger partial charge on any atom is -0.496 e. The third kappa shape index (κ3) is 2.49. The summed E-state index contributed by atoms with van der Waals surface area (Å²) in [6, 6.07) is 15.3. The molecule has 1 N–H and O–H groups in total. The SMILES string of the molecule is CCSc1nc2c([nH]c3cccc(OC)c32)c(=O)n1-c1ccccc1. The lowest BCUT2D eigenvalue weighted by Gasteiger charge is -2.11. The summed E-state index contributed by atoms with van der Waals surface area (Å²) in [6.45, 7) is 2.05. The van der Waals surface area contributed by atoms with E-state index in [1.165, 1.54) is 0 Å². The zero-order valence-corrected chi connectivity index (χ0v) is 14.8. The minimum atomic E-state index is -0.106. The van der Waals surface area contributed by atoms with Crippen LogP contribution in [0.3, 0.4) is 0 Å². The molecule has 0 aliphatic heterocycles. The number of para-hydroxylation sites is 1. The van der Waals surface area contributed by atoms with Crippen LogP contribution in [-0.2, 0) is 0 Å². The fourth-order valence-corrected chi connectivity index (χ4v) is 3.74. The zero-order valence-electron chi connectivity index (χ0n) is 13.9. The van der Waals surface area contributed by atoms with Crippen LogP contribution in [-0.4, -0.2) is 27.4 Å². The van der Waals surface area contributed by atoms with Crippen molar-refractivity contribution in [2.24, 2.45) is 0 Å². The molecule has 6 heteroatoms. The molecule has 0 amide bonds. The molecule has 25 heavy (non-hydrogen) atoms. The van der Waals surface area contributed by atoms with Gasteiger partial charge in [-0.2, -0.15) is 0 Å². The predicted octanol–water partition coefficient (Wildman–Crippen LogP) is 3.99. The van der Waals surface area contributed by atoms with Gasteiger partial charge in [-0.1, -0.05) is 43.0 Å². The molecule has 0 saturated heterocycles. The molecule has 0 aliphatic rings. The Morgan fingerprint density at radius 3 is 2.68 bits per heavy atom. The zero-order chi connectivity index (χ0) is 17.4. The van der Waals surface area contributed by atoms with E-state index in [9.17, 15) is 4.79 Å². The van der Waals surface area contributed by atoms with Crippen molar-refractivity contribution in [1.82, 2.24) is 14.5 Å². The standard InChI is InChI=1S/C19H17N3O2S/c1-3-25-19-21-16-15-13(10-7-11-14(15)24-2)20-17(16)18(23)22(19)12-8-5-4-6-9-12/h4-11,20H,3H2,1-2H3. The monoisotopic (exact) mass is 351 g/mol. The van der Waals surface area contributed by atoms with Crippen molar-refractivity contribution in [2.75, 3.05) is 12.9 Å². The quantitative estimate of drug-likeness (QED) is 0.446. The topological polar surface area (TPSA) is 59.9 Å². The Morgan fingerprint density at radius 2 is 1.96 bits per heavy atom. The van der Waals surface area contributed by atoms with Crippen LogP contribution in [0.2, 0.25) is 0 Å². The van der Waals surface area contributed by atoms with Gasteiger partial charge in [0.15, 0.2) is 5.16 Å². The maximum Gasteiger partial charge on any atom is 0.283 e. The van der Waals surface area contributed by atoms with Gasteiger partial charge in [-0.15, -0.1) is 0 Å². The molecule has 2 aromatic heterocycles. The van der Waals surface area contributed by atoms with Gasteiger partial charge in [-0.3, -0.25) is 9.36 Å². The van der Waals surface area contributed by atoms with Crippen molar-refractivity contribution in [3.63, 3.8) is 0 Å². The van der Waals surface area contributed by atoms with Crippen molar-refractivity contribution in [1.29, 1.82) is 0 Å². The number of fused-ring (bicyclic) bond motifs is 3. The van der Waals surface area contributed by atoms with Crippen LogP contribution in [0, 0.1) is 0 Å². The number of nitrogens with one attached hydrogen (secondary N) is 1. The number of hydrogen-bond acceptors (Lipinski definition) is 4. The molecule has 0 saturated carbocycles. The normalized spacial score (nSPS) is 11.3. The van der Waals surface area contributed by atoms with Gasteiger partial charge < -0.3 is 9.72 Å². The summed E-state index contributed by atoms with van der Waals surface area (Å²) < 4.78 is 7.14. The highest BCUT2D eigenvalue weighted by molar-refractivity contribution is 7.99. The van der Waals surface area contributed by atoms with Crippen LogP contribution in [0.15, 0.2) is 58.5 Å². The van der Waals surface area contributed by atoms with Gasteiger partial charge in [0, 0.05) is 0 Å². The molecular formula is C19H17N3O2S. The van der Waals surface area contributed by atoms with E-state index in [2.05, 4.69) is 4.98 Å². The van der Waals surface area contributed by atoms with Crippen molar-refractivity contribution >= 4 is 33.7 Å². The largest absolute Gasteiger partial charge is 0.496 e. The molecule has 0 unspecified atom stereocenters. The molecule has 4 rings (SSSR count). The summed E-state index contributed by atoms with van der Waals surface area (Å²) in [7, 11) is 1.63. The van der Waals surface area contributed by atoms with E-state index in [1.807, 2.05) is 55.5 Å². The van der Waals surface area contributed by atoms with Crippen LogP contribution in [0.5, 0.6) is 5.75 Å². The van der Waals surface area contributed by atoms with Crippen molar-refractivity contribution in [2.45, 2.75) is 12.1 Å². The van der Waals surface area contributed by atoms with E-state index in [0.717, 1.165) is 22.3 Å². The molecule has 126 valence electrons. The Morgan fingerprint density at radius 1 is 1.16 bits per heavy atom. The average molecular weight is 351 g/mol. The molecule has 4 aromatic rings. The fourth-order valence-electron chi connectivity index (χ4n) is 3.01. The second kappa shape index (κ2) is 6.29. The lowest BCUT2D eigenvalue weighted by molar-refractivity contribution is 0.420. The first-order chi connectivity index (χ1) is 12.2. The van der Waals surface area contributed by atoms with Crippen LogP contribution in [0.25, 0.3) is 27.6 Å². The summed E-state index contributed by atoms with van der Waals surface area (Å²) in [5.74, 6) is 1.53. The molecule has 0 spiro atoms. The molecule has 0 atom stereocenters. The van der Waals surface area contributed by atoms with E-state index >= 15 is 0 Å². The predicted molar refractivity (Wildman–Crippen MR) is 102 cm³/mol. The highest BCUT2D eigenvalue weighted by atomic mass is 32.2. The maximum absolute atomic E-state index is 13.2. The van der Waals surface area contributed by atoms with Gasteiger partial charge >= 0.3 is 0 Å². The Labute approximate surface area is 148 Å². The van der Waals surface area contributed by atoms with E-state index in [4.69, 9.17) is 9.72 Å². The number of rotatable bonds is 4. The van der Waals surface area contributed by atoms with Gasteiger partial charge in [0.2, 0.25) is 0 Å². The lowest BCUT2D eigenvalue weighted by Crippen LogP contribution is -2.21. The first-order valence-corrected chi connectivity index (χ1v) is 9.02. The third-order valence-electron chi connectivity index (χ3n) is 4.08. The van der Waals surface area contributed by atoms with Gasteiger partial charge in [0.05, 0.1) is 23.7 Å². The van der Waals surface area contributed by atoms with Gasteiger partial charge in [0.25, 0.3) is 5.56 Å². The molecular weight excluding hydrogens is 334 g/mol. The third-order valence-corrected chi connectivity index (χ3v) is 4.90. The molecule has 5 nitrogen and oxygen atoms in total. The van der Waals surface area contributed by atoms with Crippen molar-refractivity contribution in [3.05, 3.63) is 58.9 Å². The summed E-state index contributed by atoms with van der Waals surface area (Å²) in [5, 5.41) is 1.52. The Bertz CT molecular complexity index is 1120. The Balaban J connectivity index is 2.14. The van der Waals surface area contributed by atoms with Gasteiger partial charge in [-0.05, 0) is 30.0 Å². The van der Waals surface area contributed by atoms with E-state index in [1.54, 1.807) is 23.4 Å². The molecule has 0 bridgehead atoms. The van der Waals surface area contributed by atoms with Gasteiger partial charge in [-0.25, -0.2) is 4.98 Å². The second-order valence-corrected chi connectivity index (χ2v) is 6.77. The van der Waals surface area contributed by atoms with Gasteiger partial charge in [0.1, 0.15) is 16.8 Å².